The predicted molar refractivity (Wildman–Crippen MR) is 98.7 cm³/mol. The molecule has 10 heteroatoms. The van der Waals surface area contributed by atoms with Gasteiger partial charge in [-0.15, -0.1) is 11.3 Å². The summed E-state index contributed by atoms with van der Waals surface area (Å²) in [5.41, 5.74) is 0.794. The minimum absolute atomic E-state index is 0.0654. The Kier molecular flexibility index (Phi) is 5.00. The number of fused-ring (bicyclic) bond motifs is 3. The van der Waals surface area contributed by atoms with E-state index in [2.05, 4.69) is 22.5 Å². The van der Waals surface area contributed by atoms with Crippen molar-refractivity contribution in [1.82, 2.24) is 20.3 Å². The summed E-state index contributed by atoms with van der Waals surface area (Å²) in [6, 6.07) is -0.584. The molecule has 2 aromatic rings. The lowest BCUT2D eigenvalue weighted by Crippen LogP contribution is -2.38. The van der Waals surface area contributed by atoms with Gasteiger partial charge in [-0.05, 0) is 30.7 Å². The third-order valence-electron chi connectivity index (χ3n) is 4.19. The minimum Gasteiger partial charge on any atom is -0.341 e. The Morgan fingerprint density at radius 3 is 2.96 bits per heavy atom. The second-order valence-corrected chi connectivity index (χ2v) is 7.92. The molecule has 1 unspecified atom stereocenters. The zero-order chi connectivity index (χ0) is 18.1. The quantitative estimate of drug-likeness (QED) is 0.417. The van der Waals surface area contributed by atoms with Gasteiger partial charge in [-0.25, -0.2) is 14.5 Å². The van der Waals surface area contributed by atoms with Gasteiger partial charge in [0.15, 0.2) is 5.16 Å². The summed E-state index contributed by atoms with van der Waals surface area (Å²) in [5.74, 6) is 5.68. The molecule has 0 aliphatic heterocycles. The average Bonchev–Trinajstić information content (AvgIpc) is 2.96. The van der Waals surface area contributed by atoms with Gasteiger partial charge >= 0.3 is 6.03 Å². The zero-order valence-corrected chi connectivity index (χ0v) is 15.6. The topological polar surface area (TPSA) is 119 Å². The molecule has 0 aromatic carbocycles. The number of nitrogens with two attached hydrogens (primary N) is 1. The monoisotopic (exact) mass is 381 g/mol. The highest BCUT2D eigenvalue weighted by Gasteiger charge is 2.26. The maximum Gasteiger partial charge on any atom is 0.321 e. The number of urea groups is 1. The number of imide groups is 1. The summed E-state index contributed by atoms with van der Waals surface area (Å²) in [5, 5.41) is 5.32. The first-order chi connectivity index (χ1) is 11.9. The number of aromatic nitrogens is 2. The van der Waals surface area contributed by atoms with Crippen molar-refractivity contribution in [2.45, 2.75) is 37.3 Å². The van der Waals surface area contributed by atoms with Gasteiger partial charge in [-0.2, -0.15) is 0 Å². The highest BCUT2D eigenvalue weighted by Crippen LogP contribution is 2.40. The summed E-state index contributed by atoms with van der Waals surface area (Å²) < 4.78 is 0.995. The van der Waals surface area contributed by atoms with E-state index in [4.69, 9.17) is 5.84 Å². The molecule has 2 heterocycles. The van der Waals surface area contributed by atoms with Crippen LogP contribution in [-0.4, -0.2) is 34.4 Å². The van der Waals surface area contributed by atoms with Crippen molar-refractivity contribution < 1.29 is 9.59 Å². The van der Waals surface area contributed by atoms with Crippen LogP contribution in [0.1, 0.15) is 36.1 Å². The number of thiophene rings is 1. The Bertz CT molecular complexity index is 905. The molecular weight excluding hydrogens is 362 g/mol. The standard InChI is InChI=1S/C15H19N5O3S2/c1-7-4-3-5-8-10(7)11-12(25-8)19-15(20(16)13(11)22)24-6-9(21)18-14(23)17-2/h7H,3-6,16H2,1-2H3,(H2,17,18,21,23). The van der Waals surface area contributed by atoms with E-state index in [1.54, 1.807) is 0 Å². The van der Waals surface area contributed by atoms with Crippen LogP contribution in [0.25, 0.3) is 10.2 Å². The molecule has 134 valence electrons. The first kappa shape index (κ1) is 17.7. The molecule has 3 rings (SSSR count). The fourth-order valence-corrected chi connectivity index (χ4v) is 5.08. The van der Waals surface area contributed by atoms with Crippen LogP contribution in [0.2, 0.25) is 0 Å². The Labute approximate surface area is 152 Å². The van der Waals surface area contributed by atoms with Crippen molar-refractivity contribution in [3.05, 3.63) is 20.8 Å². The van der Waals surface area contributed by atoms with Gasteiger partial charge in [0.1, 0.15) is 4.83 Å². The number of hydrogen-bond donors (Lipinski definition) is 3. The van der Waals surface area contributed by atoms with Crippen molar-refractivity contribution in [2.75, 3.05) is 18.6 Å². The second kappa shape index (κ2) is 7.04. The number of nitrogens with zero attached hydrogens (tertiary/aromatic N) is 2. The summed E-state index contributed by atoms with van der Waals surface area (Å²) in [7, 11) is 1.42. The highest BCUT2D eigenvalue weighted by molar-refractivity contribution is 7.99. The Morgan fingerprint density at radius 1 is 1.48 bits per heavy atom. The number of hydrogen-bond acceptors (Lipinski definition) is 7. The van der Waals surface area contributed by atoms with Gasteiger partial charge in [0.05, 0.1) is 11.1 Å². The van der Waals surface area contributed by atoms with Crippen LogP contribution in [0.5, 0.6) is 0 Å². The maximum atomic E-state index is 12.7. The summed E-state index contributed by atoms with van der Waals surface area (Å²) >= 11 is 2.56. The van der Waals surface area contributed by atoms with E-state index >= 15 is 0 Å². The number of amides is 3. The Balaban J connectivity index is 1.91. The van der Waals surface area contributed by atoms with E-state index in [1.807, 2.05) is 0 Å². The van der Waals surface area contributed by atoms with Crippen molar-refractivity contribution in [3.63, 3.8) is 0 Å². The van der Waals surface area contributed by atoms with Crippen LogP contribution < -0.4 is 22.0 Å². The van der Waals surface area contributed by atoms with E-state index in [1.165, 1.54) is 23.3 Å². The summed E-state index contributed by atoms with van der Waals surface area (Å²) in [4.78, 5) is 41.9. The molecule has 0 bridgehead atoms. The smallest absolute Gasteiger partial charge is 0.321 e. The molecule has 1 aliphatic carbocycles. The Hall–Kier alpha value is -2.07. The first-order valence-electron chi connectivity index (χ1n) is 7.90. The first-order valence-corrected chi connectivity index (χ1v) is 9.70. The van der Waals surface area contributed by atoms with Gasteiger partial charge in [-0.3, -0.25) is 14.9 Å². The number of nitrogens with one attached hydrogen (secondary N) is 2. The third kappa shape index (κ3) is 3.36. The molecule has 8 nitrogen and oxygen atoms in total. The van der Waals surface area contributed by atoms with Gasteiger partial charge in [0.2, 0.25) is 5.91 Å². The van der Waals surface area contributed by atoms with E-state index in [0.29, 0.717) is 16.1 Å². The molecule has 0 saturated carbocycles. The van der Waals surface area contributed by atoms with Gasteiger partial charge in [-0.1, -0.05) is 18.7 Å². The van der Waals surface area contributed by atoms with Crippen molar-refractivity contribution >= 4 is 45.3 Å². The predicted octanol–water partition coefficient (Wildman–Crippen LogP) is 1.16. The van der Waals surface area contributed by atoms with Crippen molar-refractivity contribution in [3.8, 4) is 0 Å². The SMILES string of the molecule is CNC(=O)NC(=O)CSc1nc2sc3c(c2c(=O)n1N)C(C)CCC3. The zero-order valence-electron chi connectivity index (χ0n) is 13.9. The summed E-state index contributed by atoms with van der Waals surface area (Å²) in [6.07, 6.45) is 3.12. The largest absolute Gasteiger partial charge is 0.341 e. The average molecular weight is 381 g/mol. The highest BCUT2D eigenvalue weighted by atomic mass is 32.2. The lowest BCUT2D eigenvalue weighted by Gasteiger charge is -2.18. The number of nitrogen functional groups attached to an aromatic ring is 1. The summed E-state index contributed by atoms with van der Waals surface area (Å²) in [6.45, 7) is 2.12. The molecule has 0 fully saturated rings. The molecule has 3 amide bonds. The lowest BCUT2D eigenvalue weighted by molar-refractivity contribution is -0.117. The lowest BCUT2D eigenvalue weighted by atomic mass is 9.88. The van der Waals surface area contributed by atoms with E-state index in [0.717, 1.165) is 41.3 Å². The fourth-order valence-electron chi connectivity index (χ4n) is 2.99. The molecule has 25 heavy (non-hydrogen) atoms. The molecule has 2 aromatic heterocycles. The van der Waals surface area contributed by atoms with E-state index < -0.39 is 11.9 Å². The van der Waals surface area contributed by atoms with Crippen LogP contribution >= 0.6 is 23.1 Å². The maximum absolute atomic E-state index is 12.7. The second-order valence-electron chi connectivity index (χ2n) is 5.90. The van der Waals surface area contributed by atoms with Crippen molar-refractivity contribution in [2.24, 2.45) is 0 Å². The van der Waals surface area contributed by atoms with E-state index in [-0.39, 0.29) is 16.5 Å². The van der Waals surface area contributed by atoms with Gasteiger partial charge in [0, 0.05) is 11.9 Å². The number of thioether (sulfide) groups is 1. The normalized spacial score (nSPS) is 16.5. The minimum atomic E-state index is -0.584. The number of carbonyl (C=O) groups excluding carboxylic acids is 2. The van der Waals surface area contributed by atoms with Crippen LogP contribution in [0.15, 0.2) is 9.95 Å². The number of rotatable bonds is 3. The molecule has 1 atom stereocenters. The molecule has 4 N–H and O–H groups in total. The third-order valence-corrected chi connectivity index (χ3v) is 6.30. The Morgan fingerprint density at radius 2 is 2.24 bits per heavy atom. The van der Waals surface area contributed by atoms with E-state index in [9.17, 15) is 14.4 Å². The fraction of sp³-hybridized carbons (Fsp3) is 0.467. The van der Waals surface area contributed by atoms with Crippen LogP contribution in [-0.2, 0) is 11.2 Å². The van der Waals surface area contributed by atoms with Crippen molar-refractivity contribution in [1.29, 1.82) is 0 Å². The molecule has 0 radical (unpaired) electrons. The molecular formula is C15H19N5O3S2. The van der Waals surface area contributed by atoms with Crippen LogP contribution in [0.3, 0.4) is 0 Å². The number of aryl methyl sites for hydroxylation is 1. The molecule has 0 spiro atoms. The molecule has 0 saturated heterocycles. The molecule has 1 aliphatic rings. The van der Waals surface area contributed by atoms with Crippen LogP contribution in [0.4, 0.5) is 4.79 Å². The van der Waals surface area contributed by atoms with Crippen LogP contribution in [0, 0.1) is 0 Å². The van der Waals surface area contributed by atoms with Gasteiger partial charge < -0.3 is 11.2 Å². The number of carbonyl (C=O) groups is 2. The van der Waals surface area contributed by atoms with Gasteiger partial charge in [0.25, 0.3) is 5.56 Å².